The Morgan fingerprint density at radius 3 is 2.52 bits per heavy atom. The molecular formula is C19H18NO4S-. The smallest absolute Gasteiger partial charge is 0.261 e. The summed E-state index contributed by atoms with van der Waals surface area (Å²) in [5.74, 6) is 3.88. The highest BCUT2D eigenvalue weighted by molar-refractivity contribution is 7.14. The third kappa shape index (κ3) is 6.07. The minimum Gasteiger partial charge on any atom is -0.550 e. The highest BCUT2D eigenvalue weighted by atomic mass is 32.1. The first kappa shape index (κ1) is 18.7. The summed E-state index contributed by atoms with van der Waals surface area (Å²) < 4.78 is 0. The lowest BCUT2D eigenvalue weighted by molar-refractivity contribution is -0.306. The topological polar surface area (TPSA) is 89.5 Å². The Labute approximate surface area is 150 Å². The molecule has 130 valence electrons. The van der Waals surface area contributed by atoms with Gasteiger partial charge in [-0.15, -0.1) is 11.3 Å². The molecule has 6 heteroatoms. The van der Waals surface area contributed by atoms with Gasteiger partial charge in [-0.25, -0.2) is 0 Å². The molecule has 1 aromatic carbocycles. The summed E-state index contributed by atoms with van der Waals surface area (Å²) in [5.41, 5.74) is -0.419. The summed E-state index contributed by atoms with van der Waals surface area (Å²) in [6.07, 6.45) is -0.313. The van der Waals surface area contributed by atoms with Gasteiger partial charge in [0, 0.05) is 12.4 Å². The van der Waals surface area contributed by atoms with E-state index in [4.69, 9.17) is 0 Å². The van der Waals surface area contributed by atoms with E-state index in [2.05, 4.69) is 17.2 Å². The number of thiophene rings is 1. The Hall–Kier alpha value is -2.62. The molecule has 1 atom stereocenters. The fourth-order valence-electron chi connectivity index (χ4n) is 2.08. The molecule has 0 spiro atoms. The minimum absolute atomic E-state index is 0.313. The van der Waals surface area contributed by atoms with E-state index in [0.717, 1.165) is 0 Å². The normalized spacial score (nSPS) is 12.0. The predicted octanol–water partition coefficient (Wildman–Crippen LogP) is 1.48. The molecule has 1 aromatic heterocycles. The van der Waals surface area contributed by atoms with Crippen molar-refractivity contribution in [1.29, 1.82) is 0 Å². The number of nitrogens with one attached hydrogen (secondary N) is 1. The molecule has 0 bridgehead atoms. The van der Waals surface area contributed by atoms with Gasteiger partial charge in [0.05, 0.1) is 15.8 Å². The number of carboxylic acid groups (broad SMARTS) is 1. The molecule has 0 saturated heterocycles. The molecule has 2 rings (SSSR count). The summed E-state index contributed by atoms with van der Waals surface area (Å²) in [6, 6.07) is 11.5. The molecule has 0 unspecified atom stereocenters. The van der Waals surface area contributed by atoms with Crippen LogP contribution in [0.2, 0.25) is 0 Å². The van der Waals surface area contributed by atoms with E-state index in [1.807, 2.05) is 6.07 Å². The van der Waals surface area contributed by atoms with E-state index in [9.17, 15) is 19.8 Å². The number of carbonyl (C=O) groups excluding carboxylic acids is 2. The highest BCUT2D eigenvalue weighted by Crippen LogP contribution is 2.20. The first-order valence-corrected chi connectivity index (χ1v) is 8.47. The van der Waals surface area contributed by atoms with Crippen molar-refractivity contribution >= 4 is 23.2 Å². The quantitative estimate of drug-likeness (QED) is 0.794. The lowest BCUT2D eigenvalue weighted by atomic mass is 10.0. The molecule has 2 N–H and O–H groups in total. The van der Waals surface area contributed by atoms with Crippen LogP contribution in [-0.2, 0) is 4.79 Å². The molecule has 1 amide bonds. The van der Waals surface area contributed by atoms with Gasteiger partial charge in [-0.2, -0.15) is 0 Å². The van der Waals surface area contributed by atoms with Crippen LogP contribution in [0.15, 0.2) is 42.5 Å². The number of amides is 1. The van der Waals surface area contributed by atoms with E-state index < -0.39 is 17.6 Å². The van der Waals surface area contributed by atoms with Crippen LogP contribution >= 0.6 is 11.3 Å². The number of benzene rings is 1. The number of aliphatic hydroxyl groups is 1. The Balaban J connectivity index is 2.14. The molecule has 1 heterocycles. The zero-order valence-corrected chi connectivity index (χ0v) is 14.7. The maximum Gasteiger partial charge on any atom is 0.261 e. The second kappa shape index (κ2) is 7.97. The molecule has 25 heavy (non-hydrogen) atoms. The third-order valence-corrected chi connectivity index (χ3v) is 4.20. The van der Waals surface area contributed by atoms with Gasteiger partial charge in [-0.05, 0) is 31.5 Å². The minimum atomic E-state index is -1.24. The fourth-order valence-corrected chi connectivity index (χ4v) is 2.84. The maximum atomic E-state index is 12.4. The molecule has 0 aliphatic heterocycles. The maximum absolute atomic E-state index is 12.4. The van der Waals surface area contributed by atoms with Crippen molar-refractivity contribution in [1.82, 2.24) is 5.32 Å². The summed E-state index contributed by atoms with van der Waals surface area (Å²) in [6.45, 7) is 3.15. The van der Waals surface area contributed by atoms with Gasteiger partial charge in [-0.1, -0.05) is 42.2 Å². The van der Waals surface area contributed by atoms with Crippen LogP contribution in [0.1, 0.15) is 46.4 Å². The predicted molar refractivity (Wildman–Crippen MR) is 93.8 cm³/mol. The molecular weight excluding hydrogens is 338 g/mol. The molecule has 0 aliphatic rings. The SMILES string of the molecule is CC(C)(O)C#Cc1ccc(C(=O)N[C@H](CC(=O)[O-])c2ccccc2)s1. The molecule has 2 aromatic rings. The first-order chi connectivity index (χ1) is 11.7. The number of rotatable bonds is 5. The van der Waals surface area contributed by atoms with Crippen molar-refractivity contribution in [3.8, 4) is 11.8 Å². The number of hydrogen-bond donors (Lipinski definition) is 2. The van der Waals surface area contributed by atoms with Crippen molar-refractivity contribution in [3.05, 3.63) is 57.8 Å². The first-order valence-electron chi connectivity index (χ1n) is 7.65. The second-order valence-corrected chi connectivity index (χ2v) is 7.07. The van der Waals surface area contributed by atoms with Gasteiger partial charge in [0.25, 0.3) is 5.91 Å². The molecule has 0 fully saturated rings. The third-order valence-electron chi connectivity index (χ3n) is 3.20. The van der Waals surface area contributed by atoms with E-state index >= 15 is 0 Å². The molecule has 0 aliphatic carbocycles. The van der Waals surface area contributed by atoms with E-state index in [-0.39, 0.29) is 12.3 Å². The zero-order chi connectivity index (χ0) is 18.4. The van der Waals surface area contributed by atoms with Crippen LogP contribution in [0.25, 0.3) is 0 Å². The van der Waals surface area contributed by atoms with Crippen LogP contribution in [0.5, 0.6) is 0 Å². The Kier molecular flexibility index (Phi) is 5.97. The van der Waals surface area contributed by atoms with Crippen molar-refractivity contribution in [3.63, 3.8) is 0 Å². The van der Waals surface area contributed by atoms with Crippen LogP contribution in [-0.4, -0.2) is 22.6 Å². The summed E-state index contributed by atoms with van der Waals surface area (Å²) in [4.78, 5) is 24.5. The summed E-state index contributed by atoms with van der Waals surface area (Å²) in [7, 11) is 0. The summed E-state index contributed by atoms with van der Waals surface area (Å²) >= 11 is 1.18. The average molecular weight is 356 g/mol. The van der Waals surface area contributed by atoms with Crippen LogP contribution in [0.4, 0.5) is 0 Å². The molecule has 0 radical (unpaired) electrons. The van der Waals surface area contributed by atoms with Gasteiger partial charge in [0.1, 0.15) is 5.60 Å². The average Bonchev–Trinajstić information content (AvgIpc) is 3.01. The van der Waals surface area contributed by atoms with E-state index in [1.165, 1.54) is 11.3 Å². The Bertz CT molecular complexity index is 809. The van der Waals surface area contributed by atoms with Gasteiger partial charge >= 0.3 is 0 Å². The molecule has 5 nitrogen and oxygen atoms in total. The monoisotopic (exact) mass is 356 g/mol. The van der Waals surface area contributed by atoms with Crippen molar-refractivity contribution in [2.24, 2.45) is 0 Å². The summed E-state index contributed by atoms with van der Waals surface area (Å²) in [5, 5.41) is 23.3. The Morgan fingerprint density at radius 2 is 1.92 bits per heavy atom. The number of carboxylic acids is 1. The largest absolute Gasteiger partial charge is 0.550 e. The Morgan fingerprint density at radius 1 is 1.24 bits per heavy atom. The van der Waals surface area contributed by atoms with E-state index in [0.29, 0.717) is 15.3 Å². The molecule has 0 saturated carbocycles. The number of carbonyl (C=O) groups is 2. The second-order valence-electron chi connectivity index (χ2n) is 5.99. The standard InChI is InChI=1S/C19H19NO4S/c1-19(2,24)11-10-14-8-9-16(25-14)18(23)20-15(12-17(21)22)13-6-4-3-5-7-13/h3-9,15,24H,12H2,1-2H3,(H,20,23)(H,21,22)/p-1/t15-/m1/s1. The number of hydrogen-bond acceptors (Lipinski definition) is 5. The van der Waals surface area contributed by atoms with Gasteiger partial charge < -0.3 is 20.3 Å². The fraction of sp³-hybridized carbons (Fsp3) is 0.263. The van der Waals surface area contributed by atoms with Crippen molar-refractivity contribution in [2.45, 2.75) is 31.9 Å². The van der Waals surface area contributed by atoms with Crippen molar-refractivity contribution < 1.29 is 19.8 Å². The van der Waals surface area contributed by atoms with Crippen LogP contribution < -0.4 is 10.4 Å². The van der Waals surface area contributed by atoms with Crippen molar-refractivity contribution in [2.75, 3.05) is 0 Å². The highest BCUT2D eigenvalue weighted by Gasteiger charge is 2.17. The lowest BCUT2D eigenvalue weighted by Gasteiger charge is -2.19. The zero-order valence-electron chi connectivity index (χ0n) is 13.9. The van der Waals surface area contributed by atoms with Crippen LogP contribution in [0.3, 0.4) is 0 Å². The van der Waals surface area contributed by atoms with E-state index in [1.54, 1.807) is 50.2 Å². The lowest BCUT2D eigenvalue weighted by Crippen LogP contribution is -2.33. The van der Waals surface area contributed by atoms with Gasteiger partial charge in [0.2, 0.25) is 0 Å². The van der Waals surface area contributed by atoms with Gasteiger partial charge in [0.15, 0.2) is 0 Å². The van der Waals surface area contributed by atoms with Crippen LogP contribution in [0, 0.1) is 11.8 Å². The number of aliphatic carboxylic acids is 1. The van der Waals surface area contributed by atoms with Gasteiger partial charge in [-0.3, -0.25) is 4.79 Å².